The predicted octanol–water partition coefficient (Wildman–Crippen LogP) is 0.713. The molecular weight excluding hydrogens is 164 g/mol. The largest absolute Gasteiger partial charge is 0.369 e. The van der Waals surface area contributed by atoms with Crippen LogP contribution in [0.25, 0.3) is 0 Å². The van der Waals surface area contributed by atoms with Gasteiger partial charge in [0.2, 0.25) is 5.96 Å². The Morgan fingerprint density at radius 1 is 1.38 bits per heavy atom. The van der Waals surface area contributed by atoms with Gasteiger partial charge in [-0.25, -0.2) is 10.8 Å². The van der Waals surface area contributed by atoms with Gasteiger partial charge in [-0.2, -0.15) is 0 Å². The third-order valence-electron chi connectivity index (χ3n) is 1.96. The fraction of sp³-hybridized carbons (Fsp3) is 0.222. The second kappa shape index (κ2) is 3.91. The monoisotopic (exact) mass is 178 g/mol. The van der Waals surface area contributed by atoms with Crippen LogP contribution in [0.3, 0.4) is 0 Å². The Morgan fingerprint density at radius 3 is 2.69 bits per heavy atom. The third kappa shape index (κ3) is 2.19. The smallest absolute Gasteiger partial charge is 0.208 e. The van der Waals surface area contributed by atoms with Crippen molar-refractivity contribution in [3.05, 3.63) is 29.3 Å². The van der Waals surface area contributed by atoms with Crippen LogP contribution in [-0.2, 0) is 0 Å². The maximum atomic E-state index is 5.44. The van der Waals surface area contributed by atoms with E-state index in [4.69, 9.17) is 11.6 Å². The Morgan fingerprint density at radius 2 is 2.08 bits per heavy atom. The lowest BCUT2D eigenvalue weighted by atomic mass is 10.1. The third-order valence-corrected chi connectivity index (χ3v) is 1.96. The lowest BCUT2D eigenvalue weighted by Gasteiger charge is -2.04. The summed E-state index contributed by atoms with van der Waals surface area (Å²) in [5, 5.41) is 0. The molecule has 0 radical (unpaired) electrons. The molecule has 1 rings (SSSR count). The molecular formula is C9H14N4. The molecule has 0 heterocycles. The average molecular weight is 178 g/mol. The molecule has 13 heavy (non-hydrogen) atoms. The van der Waals surface area contributed by atoms with Gasteiger partial charge >= 0.3 is 0 Å². The molecule has 1 aromatic carbocycles. The van der Waals surface area contributed by atoms with Crippen LogP contribution >= 0.6 is 0 Å². The van der Waals surface area contributed by atoms with E-state index < -0.39 is 0 Å². The molecule has 0 aliphatic rings. The zero-order valence-corrected chi connectivity index (χ0v) is 7.83. The van der Waals surface area contributed by atoms with Crippen molar-refractivity contribution >= 4 is 11.6 Å². The summed E-state index contributed by atoms with van der Waals surface area (Å²) < 4.78 is 0. The number of rotatable bonds is 1. The Balaban J connectivity index is 3.09. The first-order chi connectivity index (χ1) is 6.15. The highest BCUT2D eigenvalue weighted by Gasteiger charge is 1.98. The topological polar surface area (TPSA) is 76.4 Å². The summed E-state index contributed by atoms with van der Waals surface area (Å²) in [6.07, 6.45) is 0. The van der Waals surface area contributed by atoms with E-state index in [9.17, 15) is 0 Å². The molecule has 0 aliphatic carbocycles. The van der Waals surface area contributed by atoms with E-state index in [0.29, 0.717) is 0 Å². The number of aliphatic imine (C=N–C) groups is 1. The number of guanidine groups is 1. The molecule has 0 atom stereocenters. The highest BCUT2D eigenvalue weighted by atomic mass is 15.3. The van der Waals surface area contributed by atoms with Gasteiger partial charge in [-0.15, -0.1) is 0 Å². The minimum absolute atomic E-state index is 0.216. The fourth-order valence-corrected chi connectivity index (χ4v) is 1.02. The maximum Gasteiger partial charge on any atom is 0.208 e. The molecule has 0 amide bonds. The normalized spacial score (nSPS) is 11.5. The van der Waals surface area contributed by atoms with Gasteiger partial charge in [0.25, 0.3) is 0 Å². The molecule has 0 spiro atoms. The molecule has 0 bridgehead atoms. The molecule has 0 aliphatic heterocycles. The van der Waals surface area contributed by atoms with E-state index in [2.05, 4.69) is 10.4 Å². The fourth-order valence-electron chi connectivity index (χ4n) is 1.02. The van der Waals surface area contributed by atoms with Crippen LogP contribution in [0.1, 0.15) is 11.1 Å². The van der Waals surface area contributed by atoms with Crippen LogP contribution in [0, 0.1) is 13.8 Å². The molecule has 0 saturated heterocycles. The lowest BCUT2D eigenvalue weighted by Crippen LogP contribution is -2.36. The summed E-state index contributed by atoms with van der Waals surface area (Å²) in [6, 6.07) is 5.86. The van der Waals surface area contributed by atoms with Crippen molar-refractivity contribution in [3.63, 3.8) is 0 Å². The second-order valence-electron chi connectivity index (χ2n) is 2.86. The van der Waals surface area contributed by atoms with Crippen LogP contribution in [0.15, 0.2) is 23.2 Å². The molecule has 0 fully saturated rings. The van der Waals surface area contributed by atoms with Gasteiger partial charge < -0.3 is 5.73 Å². The Kier molecular flexibility index (Phi) is 2.87. The van der Waals surface area contributed by atoms with E-state index in [1.807, 2.05) is 32.0 Å². The number of aryl methyl sites for hydroxylation is 1. The van der Waals surface area contributed by atoms with E-state index >= 15 is 0 Å². The van der Waals surface area contributed by atoms with Crippen molar-refractivity contribution in [3.8, 4) is 0 Å². The summed E-state index contributed by atoms with van der Waals surface area (Å²) in [7, 11) is 0. The Bertz CT molecular complexity index is 330. The zero-order chi connectivity index (χ0) is 9.84. The minimum atomic E-state index is 0.216. The molecule has 0 saturated carbocycles. The summed E-state index contributed by atoms with van der Waals surface area (Å²) in [6.45, 7) is 4.03. The first kappa shape index (κ1) is 9.54. The number of hydrazine groups is 1. The molecule has 0 aromatic heterocycles. The predicted molar refractivity (Wildman–Crippen MR) is 54.5 cm³/mol. The quantitative estimate of drug-likeness (QED) is 0.256. The summed E-state index contributed by atoms with van der Waals surface area (Å²) in [5.74, 6) is 5.32. The summed E-state index contributed by atoms with van der Waals surface area (Å²) >= 11 is 0. The maximum absolute atomic E-state index is 5.44. The number of nitrogens with two attached hydrogens (primary N) is 2. The van der Waals surface area contributed by atoms with E-state index in [1.165, 1.54) is 5.56 Å². The van der Waals surface area contributed by atoms with Crippen molar-refractivity contribution in [1.29, 1.82) is 0 Å². The van der Waals surface area contributed by atoms with Gasteiger partial charge in [-0.05, 0) is 31.0 Å². The average Bonchev–Trinajstić information content (AvgIpc) is 2.13. The van der Waals surface area contributed by atoms with Gasteiger partial charge in [0.1, 0.15) is 0 Å². The van der Waals surface area contributed by atoms with Crippen LogP contribution in [0.5, 0.6) is 0 Å². The zero-order valence-electron chi connectivity index (χ0n) is 7.83. The van der Waals surface area contributed by atoms with Crippen molar-refractivity contribution < 1.29 is 0 Å². The van der Waals surface area contributed by atoms with Crippen molar-refractivity contribution in [2.24, 2.45) is 16.6 Å². The van der Waals surface area contributed by atoms with Gasteiger partial charge in [-0.3, -0.25) is 5.43 Å². The van der Waals surface area contributed by atoms with Crippen molar-refractivity contribution in [2.45, 2.75) is 13.8 Å². The van der Waals surface area contributed by atoms with Crippen LogP contribution in [0.2, 0.25) is 0 Å². The number of nitrogens with zero attached hydrogens (tertiary/aromatic N) is 1. The van der Waals surface area contributed by atoms with Crippen LogP contribution in [0.4, 0.5) is 5.69 Å². The van der Waals surface area contributed by atoms with Crippen molar-refractivity contribution in [1.82, 2.24) is 5.43 Å². The highest BCUT2D eigenvalue weighted by molar-refractivity contribution is 5.80. The van der Waals surface area contributed by atoms with Crippen molar-refractivity contribution in [2.75, 3.05) is 0 Å². The van der Waals surface area contributed by atoms with E-state index in [1.54, 1.807) is 0 Å². The van der Waals surface area contributed by atoms with E-state index in [0.717, 1.165) is 11.3 Å². The number of hydrogen-bond donors (Lipinski definition) is 3. The number of nitrogens with one attached hydrogen (secondary N) is 1. The van der Waals surface area contributed by atoms with Gasteiger partial charge in [0, 0.05) is 0 Å². The lowest BCUT2D eigenvalue weighted by molar-refractivity contribution is 1.01. The van der Waals surface area contributed by atoms with E-state index in [-0.39, 0.29) is 5.96 Å². The standard InChI is InChI=1S/C9H14N4/c1-6-4-3-5-8(7(6)2)12-9(10)13-11/h3-5H,11H2,1-2H3,(H3,10,12,13). The van der Waals surface area contributed by atoms with Gasteiger partial charge in [-0.1, -0.05) is 12.1 Å². The van der Waals surface area contributed by atoms with Gasteiger partial charge in [0.15, 0.2) is 0 Å². The molecule has 4 nitrogen and oxygen atoms in total. The Hall–Kier alpha value is -1.55. The molecule has 4 heteroatoms. The first-order valence-electron chi connectivity index (χ1n) is 4.02. The molecule has 0 unspecified atom stereocenters. The summed E-state index contributed by atoms with van der Waals surface area (Å²) in [5.41, 5.74) is 10.9. The first-order valence-corrected chi connectivity index (χ1v) is 4.02. The summed E-state index contributed by atoms with van der Waals surface area (Å²) in [4.78, 5) is 4.10. The Labute approximate surface area is 77.6 Å². The molecule has 1 aromatic rings. The van der Waals surface area contributed by atoms with Crippen LogP contribution in [-0.4, -0.2) is 5.96 Å². The number of benzene rings is 1. The second-order valence-corrected chi connectivity index (χ2v) is 2.86. The number of hydrogen-bond acceptors (Lipinski definition) is 2. The molecule has 5 N–H and O–H groups in total. The van der Waals surface area contributed by atoms with Crippen LogP contribution < -0.4 is 17.0 Å². The highest BCUT2D eigenvalue weighted by Crippen LogP contribution is 2.20. The SMILES string of the molecule is Cc1cccc(N=C(N)NN)c1C. The van der Waals surface area contributed by atoms with Gasteiger partial charge in [0.05, 0.1) is 5.69 Å². The molecule has 70 valence electrons. The minimum Gasteiger partial charge on any atom is -0.369 e.